The van der Waals surface area contributed by atoms with Crippen molar-refractivity contribution in [1.82, 2.24) is 10.3 Å². The van der Waals surface area contributed by atoms with Crippen LogP contribution in [-0.4, -0.2) is 11.5 Å². The van der Waals surface area contributed by atoms with Crippen LogP contribution in [0.3, 0.4) is 0 Å². The Morgan fingerprint density at radius 3 is 2.71 bits per heavy atom. The van der Waals surface area contributed by atoms with Crippen LogP contribution in [0.25, 0.3) is 0 Å². The third-order valence-electron chi connectivity index (χ3n) is 3.09. The summed E-state index contributed by atoms with van der Waals surface area (Å²) in [7, 11) is 0. The largest absolute Gasteiger partial charge is 0.311 e. The third kappa shape index (κ3) is 6.42. The van der Waals surface area contributed by atoms with Crippen molar-refractivity contribution in [3.8, 4) is 0 Å². The third-order valence-corrected chi connectivity index (χ3v) is 3.09. The van der Waals surface area contributed by atoms with E-state index < -0.39 is 0 Å². The van der Waals surface area contributed by atoms with E-state index in [1.54, 1.807) is 0 Å². The molecule has 2 nitrogen and oxygen atoms in total. The van der Waals surface area contributed by atoms with Gasteiger partial charge in [-0.15, -0.1) is 0 Å². The Morgan fingerprint density at radius 2 is 2.06 bits per heavy atom. The van der Waals surface area contributed by atoms with Crippen molar-refractivity contribution in [2.45, 2.75) is 53.0 Å². The fraction of sp³-hybridized carbons (Fsp3) is 0.667. The molecule has 1 heterocycles. The van der Waals surface area contributed by atoms with Crippen molar-refractivity contribution in [3.05, 3.63) is 30.1 Å². The first-order valence-corrected chi connectivity index (χ1v) is 6.75. The van der Waals surface area contributed by atoms with E-state index in [1.807, 2.05) is 18.3 Å². The molecule has 0 aliphatic heterocycles. The lowest BCUT2D eigenvalue weighted by atomic mass is 9.87. The van der Waals surface area contributed by atoms with Crippen LogP contribution in [0.5, 0.6) is 0 Å². The lowest BCUT2D eigenvalue weighted by Crippen LogP contribution is -2.29. The van der Waals surface area contributed by atoms with Gasteiger partial charge in [-0.25, -0.2) is 0 Å². The van der Waals surface area contributed by atoms with Gasteiger partial charge in [-0.1, -0.05) is 46.1 Å². The van der Waals surface area contributed by atoms with Gasteiger partial charge in [0.05, 0.1) is 5.69 Å². The summed E-state index contributed by atoms with van der Waals surface area (Å²) in [5, 5.41) is 3.51. The van der Waals surface area contributed by atoms with Gasteiger partial charge in [0.15, 0.2) is 0 Å². The number of hydrogen-bond acceptors (Lipinski definition) is 2. The SMILES string of the molecule is CCCCCC(C)(C)CNCc1ccccn1. The van der Waals surface area contributed by atoms with Crippen LogP contribution in [-0.2, 0) is 6.54 Å². The summed E-state index contributed by atoms with van der Waals surface area (Å²) in [4.78, 5) is 4.31. The predicted octanol–water partition coefficient (Wildman–Crippen LogP) is 3.78. The van der Waals surface area contributed by atoms with Gasteiger partial charge < -0.3 is 5.32 Å². The van der Waals surface area contributed by atoms with Crippen LogP contribution >= 0.6 is 0 Å². The summed E-state index contributed by atoms with van der Waals surface area (Å²) in [6.45, 7) is 8.87. The first-order valence-electron chi connectivity index (χ1n) is 6.75. The summed E-state index contributed by atoms with van der Waals surface area (Å²) in [5.41, 5.74) is 1.51. The van der Waals surface area contributed by atoms with E-state index in [4.69, 9.17) is 0 Å². The van der Waals surface area contributed by atoms with E-state index in [-0.39, 0.29) is 0 Å². The second-order valence-electron chi connectivity index (χ2n) is 5.55. The van der Waals surface area contributed by atoms with Gasteiger partial charge >= 0.3 is 0 Å². The second-order valence-corrected chi connectivity index (χ2v) is 5.55. The maximum atomic E-state index is 4.31. The molecule has 0 aliphatic rings. The van der Waals surface area contributed by atoms with E-state index in [0.29, 0.717) is 5.41 Å². The van der Waals surface area contributed by atoms with Gasteiger partial charge in [-0.3, -0.25) is 4.98 Å². The molecule has 0 amide bonds. The smallest absolute Gasteiger partial charge is 0.0541 e. The van der Waals surface area contributed by atoms with Gasteiger partial charge in [-0.05, 0) is 24.0 Å². The Labute approximate surface area is 106 Å². The minimum atomic E-state index is 0.393. The van der Waals surface area contributed by atoms with Crippen molar-refractivity contribution in [2.24, 2.45) is 5.41 Å². The highest BCUT2D eigenvalue weighted by Gasteiger charge is 2.16. The molecule has 0 bridgehead atoms. The van der Waals surface area contributed by atoms with Gasteiger partial charge in [-0.2, -0.15) is 0 Å². The molecule has 0 unspecified atom stereocenters. The van der Waals surface area contributed by atoms with Gasteiger partial charge in [0, 0.05) is 19.3 Å². The van der Waals surface area contributed by atoms with E-state index >= 15 is 0 Å². The Hall–Kier alpha value is -0.890. The average molecular weight is 234 g/mol. The van der Waals surface area contributed by atoms with Crippen LogP contribution in [0.1, 0.15) is 52.1 Å². The van der Waals surface area contributed by atoms with E-state index in [1.165, 1.54) is 25.7 Å². The maximum absolute atomic E-state index is 4.31. The lowest BCUT2D eigenvalue weighted by Gasteiger charge is -2.25. The van der Waals surface area contributed by atoms with Crippen molar-refractivity contribution in [1.29, 1.82) is 0 Å². The molecule has 0 radical (unpaired) electrons. The second kappa shape index (κ2) is 7.44. The number of nitrogens with one attached hydrogen (secondary N) is 1. The van der Waals surface area contributed by atoms with Crippen molar-refractivity contribution in [3.63, 3.8) is 0 Å². The van der Waals surface area contributed by atoms with Gasteiger partial charge in [0.1, 0.15) is 0 Å². The Morgan fingerprint density at radius 1 is 1.24 bits per heavy atom. The molecule has 0 aliphatic carbocycles. The highest BCUT2D eigenvalue weighted by atomic mass is 14.9. The summed E-state index contributed by atoms with van der Waals surface area (Å²) >= 11 is 0. The number of pyridine rings is 1. The number of nitrogens with zero attached hydrogens (tertiary/aromatic N) is 1. The van der Waals surface area contributed by atoms with Crippen LogP contribution in [0, 0.1) is 5.41 Å². The number of hydrogen-bond donors (Lipinski definition) is 1. The minimum Gasteiger partial charge on any atom is -0.311 e. The standard InChI is InChI=1S/C15H26N2/c1-4-5-7-10-15(2,3)13-16-12-14-9-6-8-11-17-14/h6,8-9,11,16H,4-5,7,10,12-13H2,1-3H3. The number of rotatable bonds is 8. The average Bonchev–Trinajstić information content (AvgIpc) is 2.30. The normalized spacial score (nSPS) is 11.7. The van der Waals surface area contributed by atoms with Crippen molar-refractivity contribution in [2.75, 3.05) is 6.54 Å². The molecular formula is C15H26N2. The fourth-order valence-electron chi connectivity index (χ4n) is 1.97. The topological polar surface area (TPSA) is 24.9 Å². The molecule has 2 heteroatoms. The Balaban J connectivity index is 2.20. The van der Waals surface area contributed by atoms with Crippen LogP contribution in [0.2, 0.25) is 0 Å². The first kappa shape index (κ1) is 14.2. The molecule has 0 spiro atoms. The molecule has 1 N–H and O–H groups in total. The first-order chi connectivity index (χ1) is 8.14. The highest BCUT2D eigenvalue weighted by Crippen LogP contribution is 2.22. The quantitative estimate of drug-likeness (QED) is 0.692. The molecule has 1 aromatic heterocycles. The molecule has 0 saturated carbocycles. The molecule has 0 fully saturated rings. The van der Waals surface area contributed by atoms with E-state index in [9.17, 15) is 0 Å². The number of unbranched alkanes of at least 4 members (excludes halogenated alkanes) is 2. The van der Waals surface area contributed by atoms with E-state index in [2.05, 4.69) is 37.1 Å². The fourth-order valence-corrected chi connectivity index (χ4v) is 1.97. The molecule has 0 aromatic carbocycles. The van der Waals surface area contributed by atoms with Gasteiger partial charge in [0.2, 0.25) is 0 Å². The molecular weight excluding hydrogens is 208 g/mol. The monoisotopic (exact) mass is 234 g/mol. The Kier molecular flexibility index (Phi) is 6.20. The minimum absolute atomic E-state index is 0.393. The van der Waals surface area contributed by atoms with Crippen molar-refractivity contribution >= 4 is 0 Å². The molecule has 0 atom stereocenters. The summed E-state index contributed by atoms with van der Waals surface area (Å²) in [6, 6.07) is 6.06. The predicted molar refractivity (Wildman–Crippen MR) is 73.9 cm³/mol. The Bertz CT molecular complexity index is 293. The summed E-state index contributed by atoms with van der Waals surface area (Å²) < 4.78 is 0. The summed E-state index contributed by atoms with van der Waals surface area (Å²) in [6.07, 6.45) is 7.15. The van der Waals surface area contributed by atoms with Crippen LogP contribution in [0.4, 0.5) is 0 Å². The van der Waals surface area contributed by atoms with Crippen LogP contribution in [0.15, 0.2) is 24.4 Å². The van der Waals surface area contributed by atoms with E-state index in [0.717, 1.165) is 18.8 Å². The molecule has 17 heavy (non-hydrogen) atoms. The van der Waals surface area contributed by atoms with Gasteiger partial charge in [0.25, 0.3) is 0 Å². The molecule has 1 rings (SSSR count). The molecule has 96 valence electrons. The summed E-state index contributed by atoms with van der Waals surface area (Å²) in [5.74, 6) is 0. The molecule has 1 aromatic rings. The maximum Gasteiger partial charge on any atom is 0.0541 e. The zero-order chi connectivity index (χ0) is 12.6. The molecule has 0 saturated heterocycles. The van der Waals surface area contributed by atoms with Crippen LogP contribution < -0.4 is 5.32 Å². The zero-order valence-corrected chi connectivity index (χ0v) is 11.5. The van der Waals surface area contributed by atoms with Crippen molar-refractivity contribution < 1.29 is 0 Å². The lowest BCUT2D eigenvalue weighted by molar-refractivity contribution is 0.301. The number of aromatic nitrogens is 1. The zero-order valence-electron chi connectivity index (χ0n) is 11.5. The highest BCUT2D eigenvalue weighted by molar-refractivity contribution is 5.02.